The van der Waals surface area contributed by atoms with E-state index in [4.69, 9.17) is 23.2 Å². The Morgan fingerprint density at radius 3 is 2.67 bits per heavy atom. The lowest BCUT2D eigenvalue weighted by Gasteiger charge is -2.13. The summed E-state index contributed by atoms with van der Waals surface area (Å²) in [5.41, 5.74) is 1.36. The van der Waals surface area contributed by atoms with E-state index in [1.54, 1.807) is 13.1 Å². The highest BCUT2D eigenvalue weighted by molar-refractivity contribution is 7.92. The summed E-state index contributed by atoms with van der Waals surface area (Å²) >= 11 is 12.0. The molecule has 3 heterocycles. The van der Waals surface area contributed by atoms with Crippen molar-refractivity contribution in [1.29, 1.82) is 0 Å². The highest BCUT2D eigenvalue weighted by atomic mass is 35.5. The summed E-state index contributed by atoms with van der Waals surface area (Å²) in [6, 6.07) is 5.59. The number of nitrogens with zero attached hydrogens (tertiary/aromatic N) is 4. The van der Waals surface area contributed by atoms with Gasteiger partial charge in [-0.05, 0) is 36.8 Å². The molecule has 30 heavy (non-hydrogen) atoms. The second kappa shape index (κ2) is 7.75. The normalized spacial score (nSPS) is 12.6. The lowest BCUT2D eigenvalue weighted by molar-refractivity contribution is 0.103. The quantitative estimate of drug-likeness (QED) is 0.578. The van der Waals surface area contributed by atoms with E-state index in [0.29, 0.717) is 28.4 Å². The van der Waals surface area contributed by atoms with Gasteiger partial charge in [-0.3, -0.25) is 14.5 Å². The summed E-state index contributed by atoms with van der Waals surface area (Å²) in [4.78, 5) is 29.4. The van der Waals surface area contributed by atoms with Crippen molar-refractivity contribution < 1.29 is 13.2 Å². The largest absolute Gasteiger partial charge is 0.285 e. The molecule has 1 N–H and O–H groups in total. The molecule has 8 nitrogen and oxygen atoms in total. The molecule has 0 atom stereocenters. The number of pyridine rings is 1. The summed E-state index contributed by atoms with van der Waals surface area (Å²) in [5.74, 6) is -0.602. The molecule has 152 valence electrons. The van der Waals surface area contributed by atoms with Gasteiger partial charge >= 0.3 is 0 Å². The molecule has 11 heteroatoms. The standard InChI is InChI=1S/C19H13Cl2N5O3S/c1-10-6-12(2-3-13(10)21)30(28,29)26-15-7-11(20)8-23-17(15)19(27)18-16-14(4-5-22-16)24-9-25-18/h2-3,5-9,26H,4H2,1H3. The molecule has 1 aromatic carbocycles. The maximum Gasteiger partial charge on any atom is 0.261 e. The highest BCUT2D eigenvalue weighted by Gasteiger charge is 2.26. The maximum atomic E-state index is 13.1. The number of benzene rings is 1. The zero-order valence-corrected chi connectivity index (χ0v) is 17.8. The topological polar surface area (TPSA) is 114 Å². The predicted octanol–water partition coefficient (Wildman–Crippen LogP) is 3.78. The first-order chi connectivity index (χ1) is 14.3. The second-order valence-corrected chi connectivity index (χ2v) is 8.95. The van der Waals surface area contributed by atoms with Gasteiger partial charge in [-0.25, -0.2) is 23.4 Å². The monoisotopic (exact) mass is 461 g/mol. The fourth-order valence-corrected chi connectivity index (χ4v) is 4.31. The van der Waals surface area contributed by atoms with Gasteiger partial charge < -0.3 is 0 Å². The third kappa shape index (κ3) is 3.79. The van der Waals surface area contributed by atoms with Crippen LogP contribution in [0.15, 0.2) is 46.7 Å². The van der Waals surface area contributed by atoms with Crippen LogP contribution < -0.4 is 4.72 Å². The smallest absolute Gasteiger partial charge is 0.261 e. The Hall–Kier alpha value is -2.88. The molecular formula is C19H13Cl2N5O3S. The van der Waals surface area contributed by atoms with E-state index < -0.39 is 15.8 Å². The van der Waals surface area contributed by atoms with Crippen molar-refractivity contribution in [2.75, 3.05) is 4.72 Å². The first-order valence-electron chi connectivity index (χ1n) is 8.62. The van der Waals surface area contributed by atoms with Gasteiger partial charge in [0.1, 0.15) is 23.4 Å². The molecule has 2 aromatic heterocycles. The van der Waals surface area contributed by atoms with E-state index in [9.17, 15) is 13.2 Å². The van der Waals surface area contributed by atoms with Gasteiger partial charge in [0.25, 0.3) is 10.0 Å². The number of fused-ring (bicyclic) bond motifs is 1. The Kier molecular flexibility index (Phi) is 5.27. The van der Waals surface area contributed by atoms with E-state index in [1.165, 1.54) is 36.8 Å². The van der Waals surface area contributed by atoms with Crippen molar-refractivity contribution in [2.45, 2.75) is 18.2 Å². The van der Waals surface area contributed by atoms with E-state index >= 15 is 0 Å². The molecular weight excluding hydrogens is 449 g/mol. The van der Waals surface area contributed by atoms with Crippen LogP contribution in [-0.4, -0.2) is 35.4 Å². The fourth-order valence-electron chi connectivity index (χ4n) is 2.89. The molecule has 0 unspecified atom stereocenters. The number of ketones is 1. The number of halogens is 2. The number of aromatic nitrogens is 3. The number of carbonyl (C=O) groups excluding carboxylic acids is 1. The minimum atomic E-state index is -4.04. The summed E-state index contributed by atoms with van der Waals surface area (Å²) in [6.07, 6.45) is 4.63. The van der Waals surface area contributed by atoms with Crippen LogP contribution in [0.2, 0.25) is 10.0 Å². The Labute approximate surface area is 182 Å². The van der Waals surface area contributed by atoms with Crippen molar-refractivity contribution in [1.82, 2.24) is 15.0 Å². The summed E-state index contributed by atoms with van der Waals surface area (Å²) < 4.78 is 28.2. The molecule has 0 radical (unpaired) electrons. The SMILES string of the molecule is Cc1cc(S(=O)(=O)Nc2cc(Cl)cnc2C(=O)c2ncnc3c2N=CC3)ccc1Cl. The molecule has 0 amide bonds. The molecule has 0 fully saturated rings. The molecule has 0 bridgehead atoms. The molecule has 1 aliphatic rings. The van der Waals surface area contributed by atoms with Crippen LogP contribution in [0.25, 0.3) is 0 Å². The average molecular weight is 462 g/mol. The number of sulfonamides is 1. The van der Waals surface area contributed by atoms with Crippen molar-refractivity contribution in [3.05, 3.63) is 69.5 Å². The number of carbonyl (C=O) groups is 1. The Bertz CT molecular complexity index is 1330. The maximum absolute atomic E-state index is 13.1. The lowest BCUT2D eigenvalue weighted by atomic mass is 10.1. The Morgan fingerprint density at radius 1 is 1.10 bits per heavy atom. The van der Waals surface area contributed by atoms with E-state index in [2.05, 4.69) is 24.7 Å². The highest BCUT2D eigenvalue weighted by Crippen LogP contribution is 2.30. The summed E-state index contributed by atoms with van der Waals surface area (Å²) in [7, 11) is -4.04. The van der Waals surface area contributed by atoms with Crippen LogP contribution in [0.5, 0.6) is 0 Å². The van der Waals surface area contributed by atoms with Gasteiger partial charge in [0.15, 0.2) is 0 Å². The van der Waals surface area contributed by atoms with Crippen LogP contribution in [0.1, 0.15) is 27.4 Å². The van der Waals surface area contributed by atoms with E-state index in [0.717, 1.165) is 0 Å². The van der Waals surface area contributed by atoms with Gasteiger partial charge in [-0.1, -0.05) is 23.2 Å². The molecule has 0 spiro atoms. The van der Waals surface area contributed by atoms with Crippen molar-refractivity contribution in [3.63, 3.8) is 0 Å². The van der Waals surface area contributed by atoms with Crippen molar-refractivity contribution >= 4 is 56.6 Å². The van der Waals surface area contributed by atoms with Crippen LogP contribution in [-0.2, 0) is 16.4 Å². The minimum absolute atomic E-state index is 0.0182. The third-order valence-electron chi connectivity index (χ3n) is 4.37. The molecule has 0 saturated heterocycles. The van der Waals surface area contributed by atoms with Gasteiger partial charge in [0, 0.05) is 23.9 Å². The lowest BCUT2D eigenvalue weighted by Crippen LogP contribution is -2.18. The molecule has 0 aliphatic carbocycles. The van der Waals surface area contributed by atoms with Crippen LogP contribution in [0.4, 0.5) is 11.4 Å². The van der Waals surface area contributed by atoms with Gasteiger partial charge in [0.05, 0.1) is 21.3 Å². The second-order valence-electron chi connectivity index (χ2n) is 6.43. The Morgan fingerprint density at radius 2 is 1.90 bits per heavy atom. The van der Waals surface area contributed by atoms with E-state index in [1.807, 2.05) is 0 Å². The number of nitrogens with one attached hydrogen (secondary N) is 1. The van der Waals surface area contributed by atoms with Crippen molar-refractivity contribution in [3.8, 4) is 0 Å². The first-order valence-corrected chi connectivity index (χ1v) is 10.9. The van der Waals surface area contributed by atoms with Crippen LogP contribution in [0.3, 0.4) is 0 Å². The molecule has 0 saturated carbocycles. The van der Waals surface area contributed by atoms with Gasteiger partial charge in [-0.2, -0.15) is 0 Å². The number of hydrogen-bond acceptors (Lipinski definition) is 7. The minimum Gasteiger partial charge on any atom is -0.285 e. The predicted molar refractivity (Wildman–Crippen MR) is 114 cm³/mol. The zero-order chi connectivity index (χ0) is 21.5. The zero-order valence-electron chi connectivity index (χ0n) is 15.4. The van der Waals surface area contributed by atoms with Gasteiger partial charge in [0.2, 0.25) is 5.78 Å². The summed E-state index contributed by atoms with van der Waals surface area (Å²) in [6.45, 7) is 1.69. The first kappa shape index (κ1) is 20.4. The van der Waals surface area contributed by atoms with Crippen LogP contribution in [0, 0.1) is 6.92 Å². The van der Waals surface area contributed by atoms with Crippen molar-refractivity contribution in [2.24, 2.45) is 4.99 Å². The summed E-state index contributed by atoms with van der Waals surface area (Å²) in [5, 5.41) is 0.592. The number of rotatable bonds is 5. The Balaban J connectivity index is 1.76. The molecule has 1 aliphatic heterocycles. The average Bonchev–Trinajstić information content (AvgIpc) is 3.18. The fraction of sp³-hybridized carbons (Fsp3) is 0.105. The molecule has 3 aromatic rings. The number of aryl methyl sites for hydroxylation is 1. The number of hydrogen-bond donors (Lipinski definition) is 1. The number of aliphatic imine (C=N–C) groups is 1. The molecule has 4 rings (SSSR count). The van der Waals surface area contributed by atoms with E-state index in [-0.39, 0.29) is 27.0 Å². The van der Waals surface area contributed by atoms with Gasteiger partial charge in [-0.15, -0.1) is 0 Å². The third-order valence-corrected chi connectivity index (χ3v) is 6.37. The van der Waals surface area contributed by atoms with Crippen LogP contribution >= 0.6 is 23.2 Å². The number of anilines is 1.